The molecule has 1 N–H and O–H groups in total. The second-order valence-corrected chi connectivity index (χ2v) is 9.38. The molecule has 178 valence electrons. The molecule has 33 heavy (non-hydrogen) atoms. The van der Waals surface area contributed by atoms with Crippen molar-refractivity contribution in [3.05, 3.63) is 47.9 Å². The number of nitrogens with zero attached hydrogens (tertiary/aromatic N) is 2. The summed E-state index contributed by atoms with van der Waals surface area (Å²) < 4.78 is 50.4. The van der Waals surface area contributed by atoms with Crippen molar-refractivity contribution in [1.29, 1.82) is 0 Å². The maximum absolute atomic E-state index is 13.0. The van der Waals surface area contributed by atoms with Gasteiger partial charge >= 0.3 is 0 Å². The monoisotopic (exact) mass is 475 g/mol. The number of hydrogen-bond acceptors (Lipinski definition) is 8. The molecule has 0 bridgehead atoms. The fourth-order valence-electron chi connectivity index (χ4n) is 3.29. The number of rotatable bonds is 10. The Morgan fingerprint density at radius 2 is 1.64 bits per heavy atom. The van der Waals surface area contributed by atoms with Crippen LogP contribution in [0.15, 0.2) is 45.8 Å². The molecule has 0 aliphatic rings. The van der Waals surface area contributed by atoms with E-state index in [1.54, 1.807) is 36.4 Å². The van der Waals surface area contributed by atoms with Crippen molar-refractivity contribution < 1.29 is 27.2 Å². The maximum Gasteiger partial charge on any atom is 0.245 e. The van der Waals surface area contributed by atoms with Crippen LogP contribution in [0.1, 0.15) is 37.8 Å². The summed E-state index contributed by atoms with van der Waals surface area (Å²) in [5.41, 5.74) is 1.54. The van der Waals surface area contributed by atoms with Crippen LogP contribution in [-0.2, 0) is 10.0 Å². The summed E-state index contributed by atoms with van der Waals surface area (Å²) in [6.45, 7) is 5.79. The summed E-state index contributed by atoms with van der Waals surface area (Å²) in [7, 11) is 0.749. The molecule has 0 aliphatic carbocycles. The third kappa shape index (κ3) is 5.28. The van der Waals surface area contributed by atoms with Crippen molar-refractivity contribution in [2.45, 2.75) is 38.1 Å². The van der Waals surface area contributed by atoms with Crippen LogP contribution >= 0.6 is 0 Å². The molecule has 0 spiro atoms. The number of aryl methyl sites for hydroxylation is 1. The third-order valence-electron chi connectivity index (χ3n) is 5.46. The van der Waals surface area contributed by atoms with E-state index in [1.807, 2.05) is 20.8 Å². The first kappa shape index (κ1) is 24.5. The Bertz CT molecular complexity index is 1170. The van der Waals surface area contributed by atoms with E-state index in [-0.39, 0.29) is 22.5 Å². The van der Waals surface area contributed by atoms with E-state index in [2.05, 4.69) is 14.9 Å². The Morgan fingerprint density at radius 3 is 2.15 bits per heavy atom. The molecule has 0 amide bonds. The molecular weight excluding hydrogens is 446 g/mol. The van der Waals surface area contributed by atoms with Crippen LogP contribution in [-0.4, -0.2) is 39.9 Å². The summed E-state index contributed by atoms with van der Waals surface area (Å²) >= 11 is 0. The lowest BCUT2D eigenvalue weighted by Gasteiger charge is -2.20. The number of aromatic nitrogens is 2. The van der Waals surface area contributed by atoms with Gasteiger partial charge in [0.05, 0.1) is 26.2 Å². The van der Waals surface area contributed by atoms with Crippen molar-refractivity contribution >= 4 is 10.0 Å². The lowest BCUT2D eigenvalue weighted by molar-refractivity contribution is 0.298. The first-order valence-electron chi connectivity index (χ1n) is 10.5. The lowest BCUT2D eigenvalue weighted by atomic mass is 10.0. The van der Waals surface area contributed by atoms with Crippen LogP contribution in [0.4, 0.5) is 0 Å². The zero-order valence-electron chi connectivity index (χ0n) is 19.6. The van der Waals surface area contributed by atoms with E-state index in [0.717, 1.165) is 5.56 Å². The van der Waals surface area contributed by atoms with E-state index in [1.165, 1.54) is 21.3 Å². The van der Waals surface area contributed by atoms with Gasteiger partial charge in [0.25, 0.3) is 0 Å². The normalized spacial score (nSPS) is 13.4. The third-order valence-corrected chi connectivity index (χ3v) is 6.91. The molecule has 1 heterocycles. The molecule has 10 heteroatoms. The zero-order valence-corrected chi connectivity index (χ0v) is 20.4. The van der Waals surface area contributed by atoms with Crippen LogP contribution in [0, 0.1) is 12.8 Å². The molecule has 0 saturated heterocycles. The van der Waals surface area contributed by atoms with Gasteiger partial charge in [0.15, 0.2) is 11.5 Å². The molecule has 0 fully saturated rings. The zero-order chi connectivity index (χ0) is 24.2. The van der Waals surface area contributed by atoms with Crippen LogP contribution in [0.3, 0.4) is 0 Å². The quantitative estimate of drug-likeness (QED) is 0.466. The summed E-state index contributed by atoms with van der Waals surface area (Å²) in [6.07, 6.45) is 0.697. The Labute approximate surface area is 194 Å². The Balaban J connectivity index is 1.98. The minimum Gasteiger partial charge on any atom is -0.493 e. The van der Waals surface area contributed by atoms with E-state index < -0.39 is 16.1 Å². The maximum atomic E-state index is 13.0. The summed E-state index contributed by atoms with van der Waals surface area (Å²) in [4.78, 5) is 4.66. The van der Waals surface area contributed by atoms with Crippen molar-refractivity contribution in [2.24, 2.45) is 5.92 Å². The van der Waals surface area contributed by atoms with Gasteiger partial charge in [0, 0.05) is 5.56 Å². The van der Waals surface area contributed by atoms with Gasteiger partial charge in [-0.25, -0.2) is 8.42 Å². The summed E-state index contributed by atoms with van der Waals surface area (Å²) in [5.74, 6) is 1.67. The highest BCUT2D eigenvalue weighted by molar-refractivity contribution is 7.89. The molecule has 3 aromatic rings. The predicted octanol–water partition coefficient (Wildman–Crippen LogP) is 4.14. The molecule has 0 saturated carbocycles. The van der Waals surface area contributed by atoms with E-state index >= 15 is 0 Å². The van der Waals surface area contributed by atoms with Gasteiger partial charge in [0.2, 0.25) is 27.5 Å². The number of nitrogens with one attached hydrogen (secondary N) is 1. The second kappa shape index (κ2) is 10.2. The molecule has 0 unspecified atom stereocenters. The summed E-state index contributed by atoms with van der Waals surface area (Å²) in [6, 6.07) is 9.34. The molecule has 1 aromatic heterocycles. The van der Waals surface area contributed by atoms with E-state index in [0.29, 0.717) is 29.2 Å². The Kier molecular flexibility index (Phi) is 7.60. The molecule has 2 aromatic carbocycles. The van der Waals surface area contributed by atoms with Gasteiger partial charge in [0.1, 0.15) is 6.04 Å². The molecule has 0 radical (unpaired) electrons. The van der Waals surface area contributed by atoms with Crippen molar-refractivity contribution in [3.8, 4) is 28.6 Å². The number of methoxy groups -OCH3 is 3. The second-order valence-electron chi connectivity index (χ2n) is 7.67. The first-order valence-corrected chi connectivity index (χ1v) is 11.9. The fraction of sp³-hybridized carbons (Fsp3) is 0.391. The van der Waals surface area contributed by atoms with Crippen LogP contribution < -0.4 is 18.9 Å². The SMILES string of the molecule is CC[C@H](C)[C@H](NS(=O)(=O)c1ccc(C)cc1)c1nc(-c2cc(OC)c(OC)c(OC)c2)no1. The highest BCUT2D eigenvalue weighted by atomic mass is 32.2. The van der Waals surface area contributed by atoms with Gasteiger partial charge < -0.3 is 18.7 Å². The molecule has 0 aliphatic heterocycles. The molecule has 3 rings (SSSR count). The van der Waals surface area contributed by atoms with Crippen LogP contribution in [0.2, 0.25) is 0 Å². The van der Waals surface area contributed by atoms with Crippen LogP contribution in [0.25, 0.3) is 11.4 Å². The number of sulfonamides is 1. The van der Waals surface area contributed by atoms with Gasteiger partial charge in [-0.05, 0) is 37.1 Å². The minimum atomic E-state index is -3.80. The topological polar surface area (TPSA) is 113 Å². The summed E-state index contributed by atoms with van der Waals surface area (Å²) in [5, 5.41) is 4.07. The minimum absolute atomic E-state index is 0.0986. The van der Waals surface area contributed by atoms with E-state index in [9.17, 15) is 8.42 Å². The highest BCUT2D eigenvalue weighted by Crippen LogP contribution is 2.41. The average molecular weight is 476 g/mol. The predicted molar refractivity (Wildman–Crippen MR) is 123 cm³/mol. The first-order chi connectivity index (χ1) is 15.7. The van der Waals surface area contributed by atoms with E-state index in [4.69, 9.17) is 18.7 Å². The van der Waals surface area contributed by atoms with Gasteiger partial charge in [-0.2, -0.15) is 9.71 Å². The number of hydrogen-bond donors (Lipinski definition) is 1. The largest absolute Gasteiger partial charge is 0.493 e. The van der Waals surface area contributed by atoms with Gasteiger partial charge in [-0.15, -0.1) is 0 Å². The number of benzene rings is 2. The molecule has 9 nitrogen and oxygen atoms in total. The van der Waals surface area contributed by atoms with Crippen molar-refractivity contribution in [3.63, 3.8) is 0 Å². The molecule has 2 atom stereocenters. The standard InChI is InChI=1S/C23H29N3O6S/c1-7-15(3)20(26-33(27,28)17-10-8-14(2)9-11-17)23-24-22(25-32-23)16-12-18(29-4)21(31-6)19(13-16)30-5/h8-13,15,20,26H,7H2,1-6H3/t15-,20-/m0/s1. The fourth-order valence-corrected chi connectivity index (χ4v) is 4.59. The Morgan fingerprint density at radius 1 is 1.03 bits per heavy atom. The van der Waals surface area contributed by atoms with Crippen LogP contribution in [0.5, 0.6) is 17.2 Å². The highest BCUT2D eigenvalue weighted by Gasteiger charge is 2.30. The van der Waals surface area contributed by atoms with Crippen molar-refractivity contribution in [2.75, 3.05) is 21.3 Å². The Hall–Kier alpha value is -3.11. The lowest BCUT2D eigenvalue weighted by Crippen LogP contribution is -2.32. The average Bonchev–Trinajstić information content (AvgIpc) is 3.31. The molecular formula is C23H29N3O6S. The number of ether oxygens (including phenoxy) is 3. The van der Waals surface area contributed by atoms with Gasteiger partial charge in [-0.1, -0.05) is 43.1 Å². The smallest absolute Gasteiger partial charge is 0.245 e. The van der Waals surface area contributed by atoms with Crippen molar-refractivity contribution in [1.82, 2.24) is 14.9 Å². The van der Waals surface area contributed by atoms with Gasteiger partial charge in [-0.3, -0.25) is 0 Å².